The molecule has 20 heavy (non-hydrogen) atoms. The molecular weight excluding hydrogens is 252 g/mol. The van der Waals surface area contributed by atoms with Gasteiger partial charge in [-0.05, 0) is 24.3 Å². The van der Waals surface area contributed by atoms with E-state index in [0.29, 0.717) is 18.9 Å². The number of imide groups is 1. The Hall–Kier alpha value is -1.84. The molecule has 0 aromatic heterocycles. The number of nitrogens with zero attached hydrogens (tertiary/aromatic N) is 1. The van der Waals surface area contributed by atoms with E-state index in [0.717, 1.165) is 12.0 Å². The fourth-order valence-corrected chi connectivity index (χ4v) is 2.58. The maximum atomic E-state index is 12.7. The first-order valence-corrected chi connectivity index (χ1v) is 7.21. The average Bonchev–Trinajstić information content (AvgIpc) is 2.69. The van der Waals surface area contributed by atoms with E-state index in [1.165, 1.54) is 4.90 Å². The molecular formula is C16H22N2O2. The zero-order valence-electron chi connectivity index (χ0n) is 12.3. The molecule has 1 fully saturated rings. The molecule has 4 nitrogen and oxygen atoms in total. The minimum atomic E-state index is -0.894. The molecule has 1 aliphatic rings. The molecule has 0 bridgehead atoms. The number of carbonyl (C=O) groups is 2. The topological polar surface area (TPSA) is 49.4 Å². The summed E-state index contributed by atoms with van der Waals surface area (Å²) in [7, 11) is 0. The van der Waals surface area contributed by atoms with Crippen LogP contribution in [0.1, 0.15) is 39.2 Å². The number of benzene rings is 1. The highest BCUT2D eigenvalue weighted by atomic mass is 16.2. The Morgan fingerprint density at radius 1 is 1.20 bits per heavy atom. The van der Waals surface area contributed by atoms with Crippen LogP contribution in [0.3, 0.4) is 0 Å². The number of rotatable bonds is 5. The molecule has 1 aromatic rings. The highest BCUT2D eigenvalue weighted by molar-refractivity contribution is 6.07. The summed E-state index contributed by atoms with van der Waals surface area (Å²) in [4.78, 5) is 26.2. The number of urea groups is 1. The first-order chi connectivity index (χ1) is 9.51. The summed E-state index contributed by atoms with van der Waals surface area (Å²) in [5.74, 6) is 0.334. The molecule has 1 N–H and O–H groups in total. The van der Waals surface area contributed by atoms with Crippen LogP contribution in [0.15, 0.2) is 30.3 Å². The number of carbonyl (C=O) groups excluding carboxylic acids is 2. The molecule has 1 heterocycles. The zero-order valence-corrected chi connectivity index (χ0v) is 12.3. The van der Waals surface area contributed by atoms with Crippen molar-refractivity contribution in [2.75, 3.05) is 6.54 Å². The molecule has 4 heteroatoms. The maximum Gasteiger partial charge on any atom is 0.325 e. The summed E-state index contributed by atoms with van der Waals surface area (Å²) in [6.45, 7) is 6.58. The van der Waals surface area contributed by atoms with Gasteiger partial charge in [0.1, 0.15) is 5.54 Å². The number of nitrogens with one attached hydrogen (secondary N) is 1. The van der Waals surface area contributed by atoms with Crippen molar-refractivity contribution in [3.63, 3.8) is 0 Å². The maximum absolute atomic E-state index is 12.7. The standard InChI is InChI=1S/C16H22N2O2/c1-4-16(13-8-6-5-7-9-13)14(19)18(15(20)17-16)11-10-12(2)3/h5-9,12H,4,10-11H2,1-3H3,(H,17,20). The summed E-state index contributed by atoms with van der Waals surface area (Å²) >= 11 is 0. The molecule has 1 unspecified atom stereocenters. The van der Waals surface area contributed by atoms with Crippen molar-refractivity contribution in [3.05, 3.63) is 35.9 Å². The Bertz CT molecular complexity index is 498. The van der Waals surface area contributed by atoms with Gasteiger partial charge in [0.15, 0.2) is 0 Å². The van der Waals surface area contributed by atoms with Crippen LogP contribution in [0.25, 0.3) is 0 Å². The highest BCUT2D eigenvalue weighted by Crippen LogP contribution is 2.32. The third kappa shape index (κ3) is 2.42. The predicted molar refractivity (Wildman–Crippen MR) is 78.1 cm³/mol. The van der Waals surface area contributed by atoms with Gasteiger partial charge < -0.3 is 5.32 Å². The van der Waals surface area contributed by atoms with Crippen LogP contribution < -0.4 is 5.32 Å². The van der Waals surface area contributed by atoms with Crippen LogP contribution in [0, 0.1) is 5.92 Å². The molecule has 2 rings (SSSR count). The van der Waals surface area contributed by atoms with Crippen molar-refractivity contribution in [2.24, 2.45) is 5.92 Å². The smallest absolute Gasteiger partial charge is 0.319 e. The SMILES string of the molecule is CCC1(c2ccccc2)NC(=O)N(CCC(C)C)C1=O. The fourth-order valence-electron chi connectivity index (χ4n) is 2.58. The largest absolute Gasteiger partial charge is 0.325 e. The van der Waals surface area contributed by atoms with Crippen molar-refractivity contribution in [3.8, 4) is 0 Å². The van der Waals surface area contributed by atoms with Gasteiger partial charge in [-0.15, -0.1) is 0 Å². The summed E-state index contributed by atoms with van der Waals surface area (Å²) < 4.78 is 0. The lowest BCUT2D eigenvalue weighted by molar-refractivity contribution is -0.131. The molecule has 0 saturated carbocycles. The van der Waals surface area contributed by atoms with Gasteiger partial charge in [-0.3, -0.25) is 9.69 Å². The summed E-state index contributed by atoms with van der Waals surface area (Å²) in [5.41, 5.74) is -0.0390. The van der Waals surface area contributed by atoms with Gasteiger partial charge in [-0.1, -0.05) is 51.1 Å². The van der Waals surface area contributed by atoms with Gasteiger partial charge >= 0.3 is 6.03 Å². The molecule has 0 spiro atoms. The lowest BCUT2D eigenvalue weighted by atomic mass is 9.87. The van der Waals surface area contributed by atoms with Crippen LogP contribution in [0.5, 0.6) is 0 Å². The number of hydrogen-bond acceptors (Lipinski definition) is 2. The van der Waals surface area contributed by atoms with Crippen molar-refractivity contribution in [2.45, 2.75) is 39.2 Å². The quantitative estimate of drug-likeness (QED) is 0.839. The van der Waals surface area contributed by atoms with Gasteiger partial charge in [-0.25, -0.2) is 4.79 Å². The van der Waals surface area contributed by atoms with Crippen LogP contribution in [-0.2, 0) is 10.3 Å². The summed E-state index contributed by atoms with van der Waals surface area (Å²) in [6, 6.07) is 9.21. The van der Waals surface area contributed by atoms with Crippen molar-refractivity contribution < 1.29 is 9.59 Å². The van der Waals surface area contributed by atoms with Gasteiger partial charge in [0.05, 0.1) is 0 Å². The third-order valence-corrected chi connectivity index (χ3v) is 3.90. The van der Waals surface area contributed by atoms with Gasteiger partial charge in [0, 0.05) is 6.54 Å². The second-order valence-electron chi connectivity index (χ2n) is 5.69. The van der Waals surface area contributed by atoms with Gasteiger partial charge in [0.25, 0.3) is 5.91 Å². The second-order valence-corrected chi connectivity index (χ2v) is 5.69. The Balaban J connectivity index is 2.29. The van der Waals surface area contributed by atoms with E-state index in [1.807, 2.05) is 37.3 Å². The molecule has 1 atom stereocenters. The summed E-state index contributed by atoms with van der Waals surface area (Å²) in [6.07, 6.45) is 1.38. The first-order valence-electron chi connectivity index (χ1n) is 7.21. The Morgan fingerprint density at radius 2 is 1.85 bits per heavy atom. The molecule has 0 radical (unpaired) electrons. The molecule has 3 amide bonds. The average molecular weight is 274 g/mol. The van der Waals surface area contributed by atoms with E-state index in [9.17, 15) is 9.59 Å². The third-order valence-electron chi connectivity index (χ3n) is 3.90. The normalized spacial score (nSPS) is 22.5. The van der Waals surface area contributed by atoms with E-state index in [2.05, 4.69) is 19.2 Å². The Kier molecular flexibility index (Phi) is 4.12. The van der Waals surface area contributed by atoms with Crippen LogP contribution >= 0.6 is 0 Å². The van der Waals surface area contributed by atoms with E-state index in [-0.39, 0.29) is 11.9 Å². The second kappa shape index (κ2) is 5.65. The van der Waals surface area contributed by atoms with Crippen molar-refractivity contribution >= 4 is 11.9 Å². The van der Waals surface area contributed by atoms with Crippen molar-refractivity contribution in [1.29, 1.82) is 0 Å². The Labute approximate surface area is 120 Å². The predicted octanol–water partition coefficient (Wildman–Crippen LogP) is 2.89. The van der Waals surface area contributed by atoms with E-state index in [1.54, 1.807) is 0 Å². The molecule has 108 valence electrons. The van der Waals surface area contributed by atoms with Crippen LogP contribution in [-0.4, -0.2) is 23.4 Å². The number of amides is 3. The van der Waals surface area contributed by atoms with E-state index >= 15 is 0 Å². The van der Waals surface area contributed by atoms with E-state index < -0.39 is 5.54 Å². The van der Waals surface area contributed by atoms with Crippen molar-refractivity contribution in [1.82, 2.24) is 10.2 Å². The minimum Gasteiger partial charge on any atom is -0.319 e. The fraction of sp³-hybridized carbons (Fsp3) is 0.500. The molecule has 1 saturated heterocycles. The van der Waals surface area contributed by atoms with Crippen LogP contribution in [0.4, 0.5) is 4.79 Å². The zero-order chi connectivity index (χ0) is 14.8. The molecule has 1 aliphatic heterocycles. The van der Waals surface area contributed by atoms with Gasteiger partial charge in [-0.2, -0.15) is 0 Å². The Morgan fingerprint density at radius 3 is 2.40 bits per heavy atom. The lowest BCUT2D eigenvalue weighted by Crippen LogP contribution is -2.43. The first kappa shape index (κ1) is 14.6. The number of hydrogen-bond donors (Lipinski definition) is 1. The minimum absolute atomic E-state index is 0.128. The molecule has 1 aromatic carbocycles. The highest BCUT2D eigenvalue weighted by Gasteiger charge is 2.50. The monoisotopic (exact) mass is 274 g/mol. The summed E-state index contributed by atoms with van der Waals surface area (Å²) in [5, 5.41) is 2.89. The lowest BCUT2D eigenvalue weighted by Gasteiger charge is -2.25. The van der Waals surface area contributed by atoms with Crippen LogP contribution in [0.2, 0.25) is 0 Å². The molecule has 0 aliphatic carbocycles. The van der Waals surface area contributed by atoms with Gasteiger partial charge in [0.2, 0.25) is 0 Å². The van der Waals surface area contributed by atoms with E-state index in [4.69, 9.17) is 0 Å².